The molecule has 0 bridgehead atoms. The average Bonchev–Trinajstić information content (AvgIpc) is 2.48. The third kappa shape index (κ3) is 3.65. The van der Waals surface area contributed by atoms with Crippen molar-refractivity contribution in [2.24, 2.45) is 11.8 Å². The molecule has 0 aromatic rings. The molecule has 1 heterocycles. The predicted octanol–water partition coefficient (Wildman–Crippen LogP) is 1.74. The van der Waals surface area contributed by atoms with E-state index in [1.807, 2.05) is 6.92 Å². The lowest BCUT2D eigenvalue weighted by Gasteiger charge is -2.18. The summed E-state index contributed by atoms with van der Waals surface area (Å²) >= 11 is 0. The second-order valence-electron chi connectivity index (χ2n) is 4.77. The van der Waals surface area contributed by atoms with E-state index in [1.165, 1.54) is 25.9 Å². The van der Waals surface area contributed by atoms with Gasteiger partial charge in [0.05, 0.1) is 6.10 Å². The van der Waals surface area contributed by atoms with Gasteiger partial charge in [-0.05, 0) is 44.7 Å². The van der Waals surface area contributed by atoms with Gasteiger partial charge in [0.2, 0.25) is 0 Å². The first kappa shape index (κ1) is 11.0. The molecule has 1 saturated heterocycles. The Morgan fingerprint density at radius 2 is 2.08 bits per heavy atom. The minimum absolute atomic E-state index is 0.121. The van der Waals surface area contributed by atoms with Crippen LogP contribution in [0.4, 0.5) is 0 Å². The molecule has 0 saturated carbocycles. The van der Waals surface area contributed by atoms with Gasteiger partial charge in [-0.15, -0.1) is 0 Å². The van der Waals surface area contributed by atoms with Crippen molar-refractivity contribution in [3.63, 3.8) is 0 Å². The average molecular weight is 185 g/mol. The number of hydrogen-bond donors (Lipinski definition) is 1. The number of aliphatic hydroxyl groups excluding tert-OH is 1. The molecule has 0 spiro atoms. The van der Waals surface area contributed by atoms with Crippen LogP contribution in [0.25, 0.3) is 0 Å². The Hall–Kier alpha value is -0.0800. The van der Waals surface area contributed by atoms with E-state index >= 15 is 0 Å². The maximum absolute atomic E-state index is 9.42. The van der Waals surface area contributed by atoms with E-state index in [1.54, 1.807) is 0 Å². The molecule has 0 aromatic carbocycles. The summed E-state index contributed by atoms with van der Waals surface area (Å²) in [5.74, 6) is 1.32. The number of rotatable bonds is 4. The molecule has 2 unspecified atom stereocenters. The summed E-state index contributed by atoms with van der Waals surface area (Å²) < 4.78 is 0. The van der Waals surface area contributed by atoms with Gasteiger partial charge < -0.3 is 10.0 Å². The summed E-state index contributed by atoms with van der Waals surface area (Å²) in [6.45, 7) is 9.94. The smallest absolute Gasteiger partial charge is 0.0552 e. The summed E-state index contributed by atoms with van der Waals surface area (Å²) in [5, 5.41) is 9.42. The fourth-order valence-electron chi connectivity index (χ4n) is 1.90. The Bertz CT molecular complexity index is 145. The second kappa shape index (κ2) is 4.97. The summed E-state index contributed by atoms with van der Waals surface area (Å²) in [7, 11) is 0. The summed E-state index contributed by atoms with van der Waals surface area (Å²) in [4.78, 5) is 2.48. The van der Waals surface area contributed by atoms with Crippen molar-refractivity contribution >= 4 is 0 Å². The van der Waals surface area contributed by atoms with Crippen LogP contribution in [0.2, 0.25) is 0 Å². The lowest BCUT2D eigenvalue weighted by molar-refractivity contribution is 0.127. The molecule has 1 aliphatic heterocycles. The molecule has 13 heavy (non-hydrogen) atoms. The van der Waals surface area contributed by atoms with Crippen molar-refractivity contribution in [2.75, 3.05) is 19.6 Å². The van der Waals surface area contributed by atoms with E-state index in [4.69, 9.17) is 0 Å². The largest absolute Gasteiger partial charge is 0.393 e. The molecule has 78 valence electrons. The molecule has 2 nitrogen and oxygen atoms in total. The van der Waals surface area contributed by atoms with Crippen molar-refractivity contribution in [2.45, 2.75) is 39.7 Å². The topological polar surface area (TPSA) is 23.5 Å². The number of hydrogen-bond acceptors (Lipinski definition) is 2. The van der Waals surface area contributed by atoms with Crippen molar-refractivity contribution in [1.29, 1.82) is 0 Å². The van der Waals surface area contributed by atoms with Gasteiger partial charge in [-0.25, -0.2) is 0 Å². The van der Waals surface area contributed by atoms with E-state index < -0.39 is 0 Å². The molecule has 2 heteroatoms. The summed E-state index contributed by atoms with van der Waals surface area (Å²) in [6.07, 6.45) is 2.34. The number of aliphatic hydroxyl groups is 1. The molecule has 1 fully saturated rings. The molecule has 0 amide bonds. The van der Waals surface area contributed by atoms with Crippen LogP contribution < -0.4 is 0 Å². The molecular formula is C11H23NO. The number of nitrogens with zero attached hydrogens (tertiary/aromatic N) is 1. The Balaban J connectivity index is 2.17. The van der Waals surface area contributed by atoms with E-state index in [9.17, 15) is 5.11 Å². The van der Waals surface area contributed by atoms with Crippen LogP contribution in [0.5, 0.6) is 0 Å². The van der Waals surface area contributed by atoms with E-state index in [2.05, 4.69) is 18.7 Å². The van der Waals surface area contributed by atoms with E-state index in [0.29, 0.717) is 5.92 Å². The van der Waals surface area contributed by atoms with Crippen molar-refractivity contribution in [3.05, 3.63) is 0 Å². The first-order valence-electron chi connectivity index (χ1n) is 5.50. The summed E-state index contributed by atoms with van der Waals surface area (Å²) in [6, 6.07) is 0. The van der Waals surface area contributed by atoms with Crippen molar-refractivity contribution in [1.82, 2.24) is 4.90 Å². The quantitative estimate of drug-likeness (QED) is 0.721. The van der Waals surface area contributed by atoms with Crippen LogP contribution in [0.3, 0.4) is 0 Å². The highest BCUT2D eigenvalue weighted by Gasteiger charge is 2.25. The minimum Gasteiger partial charge on any atom is -0.393 e. The molecular weight excluding hydrogens is 162 g/mol. The zero-order valence-electron chi connectivity index (χ0n) is 9.16. The maximum atomic E-state index is 9.42. The van der Waals surface area contributed by atoms with Gasteiger partial charge in [-0.1, -0.05) is 13.8 Å². The highest BCUT2D eigenvalue weighted by molar-refractivity contribution is 4.78. The van der Waals surface area contributed by atoms with E-state index in [-0.39, 0.29) is 6.10 Å². The first-order chi connectivity index (χ1) is 6.09. The fourth-order valence-corrected chi connectivity index (χ4v) is 1.90. The van der Waals surface area contributed by atoms with Gasteiger partial charge in [0.1, 0.15) is 0 Å². The highest BCUT2D eigenvalue weighted by atomic mass is 16.3. The highest BCUT2D eigenvalue weighted by Crippen LogP contribution is 2.20. The third-order valence-corrected chi connectivity index (χ3v) is 3.01. The van der Waals surface area contributed by atoms with Gasteiger partial charge in [0.25, 0.3) is 0 Å². The van der Waals surface area contributed by atoms with Gasteiger partial charge >= 0.3 is 0 Å². The van der Waals surface area contributed by atoms with Crippen molar-refractivity contribution < 1.29 is 5.11 Å². The van der Waals surface area contributed by atoms with Gasteiger partial charge in [-0.3, -0.25) is 0 Å². The molecule has 1 aliphatic rings. The van der Waals surface area contributed by atoms with Crippen LogP contribution >= 0.6 is 0 Å². The SMILES string of the molecule is CC(C)CCN1CCC(C(C)O)C1. The standard InChI is InChI=1S/C11H23NO/c1-9(2)4-6-12-7-5-11(8-12)10(3)13/h9-11,13H,4-8H2,1-3H3. The van der Waals surface area contributed by atoms with Gasteiger partial charge in [0, 0.05) is 6.54 Å². The van der Waals surface area contributed by atoms with Gasteiger partial charge in [-0.2, -0.15) is 0 Å². The first-order valence-corrected chi connectivity index (χ1v) is 5.50. The lowest BCUT2D eigenvalue weighted by Crippen LogP contribution is -2.25. The molecule has 1 rings (SSSR count). The Labute approximate surface area is 81.9 Å². The fraction of sp³-hybridized carbons (Fsp3) is 1.00. The van der Waals surface area contributed by atoms with Crippen LogP contribution in [0.15, 0.2) is 0 Å². The van der Waals surface area contributed by atoms with E-state index in [0.717, 1.165) is 12.5 Å². The van der Waals surface area contributed by atoms with Crippen LogP contribution in [-0.2, 0) is 0 Å². The second-order valence-corrected chi connectivity index (χ2v) is 4.77. The zero-order chi connectivity index (χ0) is 9.84. The lowest BCUT2D eigenvalue weighted by atomic mass is 10.0. The maximum Gasteiger partial charge on any atom is 0.0552 e. The predicted molar refractivity (Wildman–Crippen MR) is 55.7 cm³/mol. The molecule has 2 atom stereocenters. The normalized spacial score (nSPS) is 27.0. The summed E-state index contributed by atoms with van der Waals surface area (Å²) in [5.41, 5.74) is 0. The monoisotopic (exact) mass is 185 g/mol. The minimum atomic E-state index is -0.121. The van der Waals surface area contributed by atoms with Crippen LogP contribution in [0.1, 0.15) is 33.6 Å². The third-order valence-electron chi connectivity index (χ3n) is 3.01. The van der Waals surface area contributed by atoms with Crippen LogP contribution in [-0.4, -0.2) is 35.7 Å². The zero-order valence-corrected chi connectivity index (χ0v) is 9.16. The Morgan fingerprint density at radius 3 is 2.54 bits per heavy atom. The van der Waals surface area contributed by atoms with Crippen LogP contribution in [0, 0.1) is 11.8 Å². The Morgan fingerprint density at radius 1 is 1.38 bits per heavy atom. The molecule has 1 N–H and O–H groups in total. The van der Waals surface area contributed by atoms with Gasteiger partial charge in [0.15, 0.2) is 0 Å². The molecule has 0 radical (unpaired) electrons. The Kier molecular flexibility index (Phi) is 4.20. The molecule has 0 aliphatic carbocycles. The molecule has 0 aromatic heterocycles. The number of likely N-dealkylation sites (tertiary alicyclic amines) is 1. The van der Waals surface area contributed by atoms with Crippen molar-refractivity contribution in [3.8, 4) is 0 Å².